The summed E-state index contributed by atoms with van der Waals surface area (Å²) in [6.45, 7) is -0.0251. The number of carboxylic acid groups (broad SMARTS) is 1. The molecule has 0 aromatic heterocycles. The number of alkyl carbamates (subject to hydrolysis) is 1. The number of carbonyl (C=O) groups is 3. The number of alkyl halides is 2. The largest absolute Gasteiger partial charge is 0.481 e. The van der Waals surface area contributed by atoms with Crippen LogP contribution in [0.2, 0.25) is 0 Å². The van der Waals surface area contributed by atoms with E-state index in [1.807, 2.05) is 48.5 Å². The number of aliphatic carboxylic acids is 1. The first-order valence-electron chi connectivity index (χ1n) is 11.7. The summed E-state index contributed by atoms with van der Waals surface area (Å²) in [5.41, 5.74) is 3.32. The highest BCUT2D eigenvalue weighted by atomic mass is 19.3. The van der Waals surface area contributed by atoms with E-state index in [1.54, 1.807) is 0 Å². The Balaban J connectivity index is 1.15. The van der Waals surface area contributed by atoms with E-state index < -0.39 is 42.3 Å². The highest BCUT2D eigenvalue weighted by Gasteiger charge is 2.65. The van der Waals surface area contributed by atoms with Gasteiger partial charge in [-0.05, 0) is 47.4 Å². The van der Waals surface area contributed by atoms with Crippen molar-refractivity contribution in [1.29, 1.82) is 0 Å². The first-order chi connectivity index (χ1) is 16.8. The molecule has 2 aromatic carbocycles. The lowest BCUT2D eigenvalue weighted by Gasteiger charge is -2.21. The predicted octanol–water partition coefficient (Wildman–Crippen LogP) is 3.92. The highest BCUT2D eigenvalue weighted by molar-refractivity contribution is 5.81. The first-order valence-corrected chi connectivity index (χ1v) is 11.7. The quantitative estimate of drug-likeness (QED) is 0.527. The zero-order valence-corrected chi connectivity index (χ0v) is 18.9. The molecule has 5 rings (SSSR count). The molecule has 9 heteroatoms. The zero-order chi connectivity index (χ0) is 24.7. The average Bonchev–Trinajstić information content (AvgIpc) is 3.26. The van der Waals surface area contributed by atoms with Gasteiger partial charge in [-0.2, -0.15) is 0 Å². The number of fused-ring (bicyclic) bond motifs is 4. The second-order valence-corrected chi connectivity index (χ2v) is 9.68. The Morgan fingerprint density at radius 3 is 2.23 bits per heavy atom. The smallest absolute Gasteiger partial charge is 0.407 e. The summed E-state index contributed by atoms with van der Waals surface area (Å²) < 4.78 is 32.5. The van der Waals surface area contributed by atoms with Crippen LogP contribution in [-0.2, 0) is 14.3 Å². The summed E-state index contributed by atoms with van der Waals surface area (Å²) >= 11 is 0. The molecule has 0 bridgehead atoms. The number of carboxylic acids is 1. The van der Waals surface area contributed by atoms with Crippen LogP contribution >= 0.6 is 0 Å². The van der Waals surface area contributed by atoms with Crippen molar-refractivity contribution in [2.75, 3.05) is 6.61 Å². The molecule has 7 nitrogen and oxygen atoms in total. The van der Waals surface area contributed by atoms with Crippen LogP contribution in [0.4, 0.5) is 13.6 Å². The molecule has 3 N–H and O–H groups in total. The number of rotatable bonds is 8. The lowest BCUT2D eigenvalue weighted by atomic mass is 9.98. The first kappa shape index (κ1) is 23.3. The van der Waals surface area contributed by atoms with Crippen molar-refractivity contribution in [2.24, 2.45) is 11.3 Å². The molecule has 2 saturated carbocycles. The number of amides is 2. The number of halogens is 2. The Bertz CT molecular complexity index is 1130. The maximum atomic E-state index is 13.6. The molecule has 0 aliphatic heterocycles. The van der Waals surface area contributed by atoms with E-state index in [0.717, 1.165) is 22.3 Å². The van der Waals surface area contributed by atoms with Crippen molar-refractivity contribution >= 4 is 18.0 Å². The van der Waals surface area contributed by atoms with Crippen LogP contribution in [0, 0.1) is 11.3 Å². The Hall–Kier alpha value is -3.49. The standard InChI is InChI=1S/C26H26F2N2O5/c27-23(28)21(10-22(31)29-15-9-14-11-26(14,12-15)24(32)33)30-25(34)35-13-20-18-7-3-1-5-16(18)17-6-2-4-8-19(17)20/h1-8,14-15,20-21,23H,9-13H2,(H,29,31)(H,30,34)(H,32,33)/t14-,15+,21?,26+/m1/s1. The second kappa shape index (κ2) is 8.94. The Labute approximate surface area is 200 Å². The van der Waals surface area contributed by atoms with Gasteiger partial charge < -0.3 is 20.5 Å². The highest BCUT2D eigenvalue weighted by Crippen LogP contribution is 2.63. The summed E-state index contributed by atoms with van der Waals surface area (Å²) in [6.07, 6.45) is -3.18. The minimum atomic E-state index is -2.97. The van der Waals surface area contributed by atoms with Gasteiger partial charge in [0.15, 0.2) is 0 Å². The van der Waals surface area contributed by atoms with E-state index in [4.69, 9.17) is 4.74 Å². The van der Waals surface area contributed by atoms with Gasteiger partial charge in [0.25, 0.3) is 6.43 Å². The summed E-state index contributed by atoms with van der Waals surface area (Å²) in [7, 11) is 0. The Kier molecular flexibility index (Phi) is 5.94. The molecule has 0 radical (unpaired) electrons. The molecule has 2 fully saturated rings. The van der Waals surface area contributed by atoms with Crippen molar-refractivity contribution in [3.05, 3.63) is 59.7 Å². The fraction of sp³-hybridized carbons (Fsp3) is 0.423. The Morgan fingerprint density at radius 2 is 1.66 bits per heavy atom. The maximum Gasteiger partial charge on any atom is 0.407 e. The van der Waals surface area contributed by atoms with Crippen LogP contribution in [0.25, 0.3) is 11.1 Å². The minimum absolute atomic E-state index is 0.0233. The molecule has 35 heavy (non-hydrogen) atoms. The summed E-state index contributed by atoms with van der Waals surface area (Å²) in [5.74, 6) is -1.71. The SMILES string of the molecule is O=C(CC(NC(=O)OCC1c2ccccc2-c2ccccc21)C(F)F)N[C@H]1C[C@@H]2C[C@]2(C(=O)O)C1. The van der Waals surface area contributed by atoms with Gasteiger partial charge in [0.1, 0.15) is 12.6 Å². The van der Waals surface area contributed by atoms with E-state index in [0.29, 0.717) is 19.3 Å². The van der Waals surface area contributed by atoms with Crippen molar-refractivity contribution in [3.8, 4) is 11.1 Å². The fourth-order valence-electron chi connectivity index (χ4n) is 5.75. The third-order valence-corrected chi connectivity index (χ3v) is 7.56. The van der Waals surface area contributed by atoms with Crippen molar-refractivity contribution in [1.82, 2.24) is 10.6 Å². The summed E-state index contributed by atoms with van der Waals surface area (Å²) in [5, 5.41) is 14.1. The molecule has 0 spiro atoms. The van der Waals surface area contributed by atoms with Crippen molar-refractivity contribution in [2.45, 2.75) is 50.1 Å². The Morgan fingerprint density at radius 1 is 1.03 bits per heavy atom. The number of ether oxygens (including phenoxy) is 1. The normalized spacial score (nSPS) is 24.8. The van der Waals surface area contributed by atoms with Crippen LogP contribution in [0.1, 0.15) is 42.7 Å². The maximum absolute atomic E-state index is 13.6. The van der Waals surface area contributed by atoms with Gasteiger partial charge >= 0.3 is 12.1 Å². The molecule has 3 aliphatic rings. The van der Waals surface area contributed by atoms with E-state index in [9.17, 15) is 28.3 Å². The van der Waals surface area contributed by atoms with Gasteiger partial charge in [0, 0.05) is 12.0 Å². The minimum Gasteiger partial charge on any atom is -0.481 e. The molecule has 1 unspecified atom stereocenters. The van der Waals surface area contributed by atoms with Crippen LogP contribution in [0.15, 0.2) is 48.5 Å². The second-order valence-electron chi connectivity index (χ2n) is 9.68. The molecular formula is C26H26F2N2O5. The van der Waals surface area contributed by atoms with Crippen LogP contribution in [-0.4, -0.2) is 48.2 Å². The van der Waals surface area contributed by atoms with Gasteiger partial charge in [0.05, 0.1) is 11.8 Å². The van der Waals surface area contributed by atoms with Crippen molar-refractivity contribution in [3.63, 3.8) is 0 Å². The van der Waals surface area contributed by atoms with Crippen LogP contribution in [0.5, 0.6) is 0 Å². The predicted molar refractivity (Wildman–Crippen MR) is 122 cm³/mol. The third-order valence-electron chi connectivity index (χ3n) is 7.56. The molecule has 3 aliphatic carbocycles. The molecule has 2 aromatic rings. The van der Waals surface area contributed by atoms with Gasteiger partial charge in [-0.1, -0.05) is 48.5 Å². The topological polar surface area (TPSA) is 105 Å². The number of hydrogen-bond acceptors (Lipinski definition) is 4. The van der Waals surface area contributed by atoms with Gasteiger partial charge in [-0.15, -0.1) is 0 Å². The van der Waals surface area contributed by atoms with Crippen LogP contribution < -0.4 is 10.6 Å². The lowest BCUT2D eigenvalue weighted by molar-refractivity contribution is -0.143. The van der Waals surface area contributed by atoms with E-state index in [-0.39, 0.29) is 24.5 Å². The lowest BCUT2D eigenvalue weighted by Crippen LogP contribution is -2.45. The van der Waals surface area contributed by atoms with Gasteiger partial charge in [-0.3, -0.25) is 9.59 Å². The third kappa shape index (κ3) is 4.35. The van der Waals surface area contributed by atoms with Gasteiger partial charge in [0.2, 0.25) is 5.91 Å². The fourth-order valence-corrected chi connectivity index (χ4v) is 5.75. The summed E-state index contributed by atoms with van der Waals surface area (Å²) in [4.78, 5) is 36.1. The molecule has 184 valence electrons. The molecule has 0 saturated heterocycles. The molecule has 4 atom stereocenters. The van der Waals surface area contributed by atoms with Gasteiger partial charge in [-0.25, -0.2) is 13.6 Å². The van der Waals surface area contributed by atoms with E-state index in [2.05, 4.69) is 10.6 Å². The van der Waals surface area contributed by atoms with Crippen LogP contribution in [0.3, 0.4) is 0 Å². The number of carbonyl (C=O) groups excluding carboxylic acids is 2. The monoisotopic (exact) mass is 484 g/mol. The number of nitrogens with one attached hydrogen (secondary N) is 2. The van der Waals surface area contributed by atoms with E-state index >= 15 is 0 Å². The van der Waals surface area contributed by atoms with E-state index in [1.165, 1.54) is 0 Å². The average molecular weight is 484 g/mol. The number of benzene rings is 2. The molecular weight excluding hydrogens is 458 g/mol. The zero-order valence-electron chi connectivity index (χ0n) is 18.9. The molecule has 2 amide bonds. The van der Waals surface area contributed by atoms with Crippen molar-refractivity contribution < 1.29 is 33.0 Å². The summed E-state index contributed by atoms with van der Waals surface area (Å²) in [6, 6.07) is 13.5. The molecule has 0 heterocycles. The number of hydrogen-bond donors (Lipinski definition) is 3.